The van der Waals surface area contributed by atoms with Crippen molar-refractivity contribution < 1.29 is 9.26 Å². The van der Waals surface area contributed by atoms with Crippen LogP contribution in [-0.4, -0.2) is 43.9 Å². The van der Waals surface area contributed by atoms with E-state index in [1.807, 2.05) is 14.1 Å². The van der Waals surface area contributed by atoms with Crippen LogP contribution in [-0.2, 0) is 4.74 Å². The Hall–Kier alpha value is -1.14. The number of ether oxygens (including phenoxy) is 1. The van der Waals surface area contributed by atoms with E-state index < -0.39 is 0 Å². The molecule has 0 amide bonds. The summed E-state index contributed by atoms with van der Waals surface area (Å²) in [5.41, 5.74) is 0. The van der Waals surface area contributed by atoms with E-state index in [4.69, 9.17) is 9.26 Å². The van der Waals surface area contributed by atoms with E-state index in [1.54, 1.807) is 4.90 Å². The Morgan fingerprint density at radius 1 is 1.50 bits per heavy atom. The number of morpholine rings is 1. The molecule has 2 rings (SSSR count). The van der Waals surface area contributed by atoms with Crippen LogP contribution < -0.4 is 10.2 Å². The lowest BCUT2D eigenvalue weighted by molar-refractivity contribution is 0.00755. The second kappa shape index (κ2) is 3.93. The molecule has 6 heteroatoms. The minimum atomic E-state index is -0.107. The molecule has 1 aromatic rings. The van der Waals surface area contributed by atoms with Crippen molar-refractivity contribution in [1.29, 1.82) is 0 Å². The highest BCUT2D eigenvalue weighted by molar-refractivity contribution is 5.24. The summed E-state index contributed by atoms with van der Waals surface area (Å²) < 4.78 is 10.6. The maximum Gasteiger partial charge on any atom is 0.265 e. The molecule has 1 fully saturated rings. The maximum atomic E-state index is 5.48. The molecule has 0 aromatic carbocycles. The largest absolute Gasteiger partial charge is 0.366 e. The lowest BCUT2D eigenvalue weighted by atomic mass is 10.3. The van der Waals surface area contributed by atoms with Crippen LogP contribution in [0.3, 0.4) is 0 Å². The Labute approximate surface area is 82.2 Å². The van der Waals surface area contributed by atoms with Gasteiger partial charge in [-0.05, 0) is 5.16 Å². The molecule has 1 aromatic heterocycles. The zero-order valence-corrected chi connectivity index (χ0v) is 8.36. The number of aromatic nitrogens is 2. The van der Waals surface area contributed by atoms with Crippen LogP contribution in [0.5, 0.6) is 0 Å². The molecule has 1 N–H and O–H groups in total. The van der Waals surface area contributed by atoms with Crippen molar-refractivity contribution in [2.24, 2.45) is 0 Å². The van der Waals surface area contributed by atoms with Crippen molar-refractivity contribution in [3.63, 3.8) is 0 Å². The van der Waals surface area contributed by atoms with Gasteiger partial charge in [0.15, 0.2) is 0 Å². The molecule has 0 spiro atoms. The highest BCUT2D eigenvalue weighted by Crippen LogP contribution is 2.18. The first-order chi connectivity index (χ1) is 6.77. The summed E-state index contributed by atoms with van der Waals surface area (Å²) in [7, 11) is 3.74. The molecule has 0 radical (unpaired) electrons. The minimum Gasteiger partial charge on any atom is -0.366 e. The summed E-state index contributed by atoms with van der Waals surface area (Å²) in [6.45, 7) is 2.30. The van der Waals surface area contributed by atoms with E-state index in [1.165, 1.54) is 0 Å². The van der Waals surface area contributed by atoms with Gasteiger partial charge in [0.25, 0.3) is 11.8 Å². The van der Waals surface area contributed by atoms with Crippen molar-refractivity contribution in [2.45, 2.75) is 6.10 Å². The molecule has 1 aliphatic rings. The average molecular weight is 198 g/mol. The zero-order valence-electron chi connectivity index (χ0n) is 8.36. The third-order valence-electron chi connectivity index (χ3n) is 2.03. The van der Waals surface area contributed by atoms with Crippen molar-refractivity contribution in [1.82, 2.24) is 15.5 Å². The fourth-order valence-electron chi connectivity index (χ4n) is 1.26. The first kappa shape index (κ1) is 9.42. The summed E-state index contributed by atoms with van der Waals surface area (Å²) in [6.07, 6.45) is -0.107. The van der Waals surface area contributed by atoms with Crippen molar-refractivity contribution in [2.75, 3.05) is 38.7 Å². The third-order valence-corrected chi connectivity index (χ3v) is 2.03. The van der Waals surface area contributed by atoms with Gasteiger partial charge >= 0.3 is 0 Å². The highest BCUT2D eigenvalue weighted by Gasteiger charge is 2.22. The van der Waals surface area contributed by atoms with Crippen LogP contribution in [0.25, 0.3) is 0 Å². The maximum absolute atomic E-state index is 5.48. The van der Waals surface area contributed by atoms with E-state index in [2.05, 4.69) is 15.5 Å². The fourth-order valence-corrected chi connectivity index (χ4v) is 1.26. The van der Waals surface area contributed by atoms with E-state index >= 15 is 0 Å². The van der Waals surface area contributed by atoms with Gasteiger partial charge in [-0.15, -0.1) is 0 Å². The van der Waals surface area contributed by atoms with Crippen LogP contribution in [0, 0.1) is 0 Å². The van der Waals surface area contributed by atoms with Crippen molar-refractivity contribution >= 4 is 5.95 Å². The number of hydrogen-bond acceptors (Lipinski definition) is 6. The number of anilines is 1. The fraction of sp³-hybridized carbons (Fsp3) is 0.750. The molecule has 14 heavy (non-hydrogen) atoms. The van der Waals surface area contributed by atoms with Gasteiger partial charge in [-0.2, -0.15) is 4.98 Å². The first-order valence-corrected chi connectivity index (χ1v) is 4.60. The SMILES string of the molecule is CN(C)c1noc(C2CNCCO2)n1. The van der Waals surface area contributed by atoms with Crippen molar-refractivity contribution in [3.8, 4) is 0 Å². The van der Waals surface area contributed by atoms with Crippen LogP contribution in [0.4, 0.5) is 5.95 Å². The summed E-state index contributed by atoms with van der Waals surface area (Å²) in [6, 6.07) is 0. The highest BCUT2D eigenvalue weighted by atomic mass is 16.5. The van der Waals surface area contributed by atoms with Gasteiger partial charge in [0.2, 0.25) is 0 Å². The standard InChI is InChI=1S/C8H14N4O2/c1-12(2)8-10-7(14-11-8)6-5-9-3-4-13-6/h6,9H,3-5H2,1-2H3. The van der Waals surface area contributed by atoms with Gasteiger partial charge in [-0.25, -0.2) is 0 Å². The molecule has 1 atom stereocenters. The Bertz CT molecular complexity index is 293. The molecule has 6 nitrogen and oxygen atoms in total. The van der Waals surface area contributed by atoms with E-state index in [0.29, 0.717) is 18.4 Å². The molecular formula is C8H14N4O2. The van der Waals surface area contributed by atoms with Gasteiger partial charge in [0.1, 0.15) is 6.10 Å². The smallest absolute Gasteiger partial charge is 0.265 e. The first-order valence-electron chi connectivity index (χ1n) is 4.60. The predicted octanol–water partition coefficient (Wildman–Crippen LogP) is -0.204. The quantitative estimate of drug-likeness (QED) is 0.709. The Morgan fingerprint density at radius 3 is 2.93 bits per heavy atom. The van der Waals surface area contributed by atoms with Crippen LogP contribution >= 0.6 is 0 Å². The number of rotatable bonds is 2. The molecule has 1 saturated heterocycles. The summed E-state index contributed by atoms with van der Waals surface area (Å²) in [4.78, 5) is 6.01. The summed E-state index contributed by atoms with van der Waals surface area (Å²) in [5.74, 6) is 1.12. The van der Waals surface area contributed by atoms with Crippen LogP contribution in [0.2, 0.25) is 0 Å². The van der Waals surface area contributed by atoms with Crippen molar-refractivity contribution in [3.05, 3.63) is 5.89 Å². The molecule has 2 heterocycles. The van der Waals surface area contributed by atoms with E-state index in [0.717, 1.165) is 13.1 Å². The Balaban J connectivity index is 2.07. The topological polar surface area (TPSA) is 63.4 Å². The second-order valence-electron chi connectivity index (χ2n) is 3.39. The summed E-state index contributed by atoms with van der Waals surface area (Å²) in [5, 5.41) is 7.03. The van der Waals surface area contributed by atoms with Gasteiger partial charge in [0, 0.05) is 27.2 Å². The number of nitrogens with zero attached hydrogens (tertiary/aromatic N) is 3. The lowest BCUT2D eigenvalue weighted by Crippen LogP contribution is -2.33. The molecular weight excluding hydrogens is 184 g/mol. The van der Waals surface area contributed by atoms with Gasteiger partial charge in [0.05, 0.1) is 6.61 Å². The number of hydrogen-bond donors (Lipinski definition) is 1. The molecule has 78 valence electrons. The normalized spacial score (nSPS) is 22.3. The monoisotopic (exact) mass is 198 g/mol. The van der Waals surface area contributed by atoms with Gasteiger partial charge < -0.3 is 19.5 Å². The molecule has 1 unspecified atom stereocenters. The van der Waals surface area contributed by atoms with Gasteiger partial charge in [-0.3, -0.25) is 0 Å². The van der Waals surface area contributed by atoms with Crippen LogP contribution in [0.15, 0.2) is 4.52 Å². The average Bonchev–Trinajstić information content (AvgIpc) is 2.68. The number of nitrogens with one attached hydrogen (secondary N) is 1. The zero-order chi connectivity index (χ0) is 9.97. The van der Waals surface area contributed by atoms with Crippen LogP contribution in [0.1, 0.15) is 12.0 Å². The summed E-state index contributed by atoms with van der Waals surface area (Å²) >= 11 is 0. The molecule has 0 aliphatic carbocycles. The Kier molecular flexibility index (Phi) is 2.64. The predicted molar refractivity (Wildman–Crippen MR) is 50.2 cm³/mol. The lowest BCUT2D eigenvalue weighted by Gasteiger charge is -2.19. The van der Waals surface area contributed by atoms with E-state index in [-0.39, 0.29) is 6.10 Å². The minimum absolute atomic E-state index is 0.107. The Morgan fingerprint density at radius 2 is 2.36 bits per heavy atom. The molecule has 0 bridgehead atoms. The van der Waals surface area contributed by atoms with E-state index in [9.17, 15) is 0 Å². The molecule has 1 aliphatic heterocycles. The second-order valence-corrected chi connectivity index (χ2v) is 3.39. The molecule has 0 saturated carbocycles. The van der Waals surface area contributed by atoms with Gasteiger partial charge in [-0.1, -0.05) is 0 Å². The third kappa shape index (κ3) is 1.85.